The average molecular weight is 450 g/mol. The van der Waals surface area contributed by atoms with Crippen molar-refractivity contribution in [3.63, 3.8) is 0 Å². The fourth-order valence-corrected chi connectivity index (χ4v) is 4.99. The predicted octanol–water partition coefficient (Wildman–Crippen LogP) is 5.08. The lowest BCUT2D eigenvalue weighted by atomic mass is 9.96. The van der Waals surface area contributed by atoms with Crippen LogP contribution in [0.4, 0.5) is 8.78 Å². The molecule has 0 radical (unpaired) electrons. The highest BCUT2D eigenvalue weighted by atomic mass is 19.1. The second-order valence-electron chi connectivity index (χ2n) is 8.75. The first-order chi connectivity index (χ1) is 16.0. The van der Waals surface area contributed by atoms with E-state index in [1.807, 2.05) is 6.07 Å². The topological polar surface area (TPSA) is 54.5 Å². The summed E-state index contributed by atoms with van der Waals surface area (Å²) in [7, 11) is 0. The van der Waals surface area contributed by atoms with Crippen molar-refractivity contribution >= 4 is 5.91 Å². The maximum atomic E-state index is 13.9. The van der Waals surface area contributed by atoms with Crippen molar-refractivity contribution in [3.8, 4) is 11.6 Å². The van der Waals surface area contributed by atoms with Crippen molar-refractivity contribution in [3.05, 3.63) is 89.6 Å². The zero-order valence-corrected chi connectivity index (χ0v) is 18.1. The smallest absolute Gasteiger partial charge is 0.257 e. The van der Waals surface area contributed by atoms with Gasteiger partial charge < -0.3 is 10.1 Å². The van der Waals surface area contributed by atoms with Gasteiger partial charge in [0, 0.05) is 24.7 Å². The molecular formula is C26H25F2N3O2. The number of rotatable bonds is 6. The molecule has 5 rings (SSSR count). The lowest BCUT2D eigenvalue weighted by molar-refractivity contribution is 0.0825. The van der Waals surface area contributed by atoms with Crippen LogP contribution in [0.25, 0.3) is 0 Å². The molecule has 2 aliphatic rings. The highest BCUT2D eigenvalue weighted by Gasteiger charge is 2.41. The van der Waals surface area contributed by atoms with Crippen LogP contribution in [0.15, 0.2) is 66.9 Å². The van der Waals surface area contributed by atoms with Crippen LogP contribution >= 0.6 is 0 Å². The van der Waals surface area contributed by atoms with Gasteiger partial charge in [-0.3, -0.25) is 9.69 Å². The molecule has 0 saturated carbocycles. The lowest BCUT2D eigenvalue weighted by Gasteiger charge is -2.39. The number of nitrogens with one attached hydrogen (secondary N) is 1. The Morgan fingerprint density at radius 2 is 1.70 bits per heavy atom. The standard InChI is InChI=1S/C26H25F2N3O2/c27-18-6-10-23(11-7-18)33-26-24(12-19(28)15-29-26)25(32)30-20-13-21-8-9-22(14-20)31(21)16-17-4-2-1-3-5-17/h1-7,10-12,15,20-22H,8-9,13-14,16H2,(H,30,32). The number of hydrogen-bond donors (Lipinski definition) is 1. The van der Waals surface area contributed by atoms with Gasteiger partial charge in [-0.1, -0.05) is 30.3 Å². The van der Waals surface area contributed by atoms with E-state index in [1.54, 1.807) is 0 Å². The highest BCUT2D eigenvalue weighted by Crippen LogP contribution is 2.37. The van der Waals surface area contributed by atoms with Gasteiger partial charge in [0.05, 0.1) is 6.20 Å². The lowest BCUT2D eigenvalue weighted by Crippen LogP contribution is -2.50. The third-order valence-electron chi connectivity index (χ3n) is 6.52. The third-order valence-corrected chi connectivity index (χ3v) is 6.52. The van der Waals surface area contributed by atoms with Crippen molar-refractivity contribution in [1.29, 1.82) is 0 Å². The van der Waals surface area contributed by atoms with E-state index in [9.17, 15) is 13.6 Å². The first-order valence-corrected chi connectivity index (χ1v) is 11.2. The molecule has 0 spiro atoms. The van der Waals surface area contributed by atoms with E-state index in [0.29, 0.717) is 17.8 Å². The normalized spacial score (nSPS) is 22.2. The van der Waals surface area contributed by atoms with Crippen LogP contribution in [0.1, 0.15) is 41.6 Å². The maximum Gasteiger partial charge on any atom is 0.257 e. The van der Waals surface area contributed by atoms with Crippen LogP contribution in [0.5, 0.6) is 11.6 Å². The van der Waals surface area contributed by atoms with Gasteiger partial charge in [-0.25, -0.2) is 13.8 Å². The molecule has 3 aromatic rings. The van der Waals surface area contributed by atoms with Gasteiger partial charge in [0.2, 0.25) is 5.88 Å². The Hall–Kier alpha value is -3.32. The molecular weight excluding hydrogens is 424 g/mol. The van der Waals surface area contributed by atoms with Gasteiger partial charge in [0.1, 0.15) is 22.9 Å². The Balaban J connectivity index is 1.27. The first-order valence-electron chi connectivity index (χ1n) is 11.2. The molecule has 1 amide bonds. The molecule has 2 bridgehead atoms. The maximum absolute atomic E-state index is 13.9. The average Bonchev–Trinajstić information content (AvgIpc) is 3.04. The second-order valence-corrected chi connectivity index (χ2v) is 8.75. The van der Waals surface area contributed by atoms with Crippen molar-refractivity contribution < 1.29 is 18.3 Å². The van der Waals surface area contributed by atoms with Gasteiger partial charge >= 0.3 is 0 Å². The number of ether oxygens (including phenoxy) is 1. The molecule has 2 aliphatic heterocycles. The quantitative estimate of drug-likeness (QED) is 0.570. The summed E-state index contributed by atoms with van der Waals surface area (Å²) in [5.41, 5.74) is 1.32. The molecule has 7 heteroatoms. The molecule has 2 fully saturated rings. The molecule has 170 valence electrons. The van der Waals surface area contributed by atoms with Crippen LogP contribution < -0.4 is 10.1 Å². The zero-order chi connectivity index (χ0) is 22.8. The van der Waals surface area contributed by atoms with E-state index in [-0.39, 0.29) is 17.5 Å². The summed E-state index contributed by atoms with van der Waals surface area (Å²) in [6.45, 7) is 0.917. The zero-order valence-electron chi connectivity index (χ0n) is 18.1. The summed E-state index contributed by atoms with van der Waals surface area (Å²) in [6.07, 6.45) is 4.94. The van der Waals surface area contributed by atoms with Crippen molar-refractivity contribution in [2.45, 2.75) is 50.4 Å². The summed E-state index contributed by atoms with van der Waals surface area (Å²) in [5, 5.41) is 3.07. The van der Waals surface area contributed by atoms with Gasteiger partial charge in [-0.05, 0) is 61.6 Å². The van der Waals surface area contributed by atoms with E-state index >= 15 is 0 Å². The van der Waals surface area contributed by atoms with Gasteiger partial charge in [-0.15, -0.1) is 0 Å². The number of benzene rings is 2. The monoisotopic (exact) mass is 449 g/mol. The van der Waals surface area contributed by atoms with Crippen molar-refractivity contribution in [1.82, 2.24) is 15.2 Å². The number of piperidine rings is 1. The highest BCUT2D eigenvalue weighted by molar-refractivity contribution is 5.96. The SMILES string of the molecule is O=C(NC1CC2CCC(C1)N2Cc1ccccc1)c1cc(F)cnc1Oc1ccc(F)cc1. The molecule has 3 heterocycles. The Bertz CT molecular complexity index is 1110. The number of carbonyl (C=O) groups excluding carboxylic acids is 1. The fraction of sp³-hybridized carbons (Fsp3) is 0.308. The number of fused-ring (bicyclic) bond motifs is 2. The minimum atomic E-state index is -0.621. The van der Waals surface area contributed by atoms with E-state index < -0.39 is 17.5 Å². The molecule has 0 aliphatic carbocycles. The Kier molecular flexibility index (Phi) is 6.05. The molecule has 5 nitrogen and oxygen atoms in total. The number of hydrogen-bond acceptors (Lipinski definition) is 4. The Morgan fingerprint density at radius 3 is 2.39 bits per heavy atom. The molecule has 1 aromatic heterocycles. The van der Waals surface area contributed by atoms with Crippen LogP contribution in [0, 0.1) is 11.6 Å². The largest absolute Gasteiger partial charge is 0.438 e. The van der Waals surface area contributed by atoms with E-state index in [1.165, 1.54) is 29.8 Å². The fourth-order valence-electron chi connectivity index (χ4n) is 4.99. The summed E-state index contributed by atoms with van der Waals surface area (Å²) >= 11 is 0. The third kappa shape index (κ3) is 4.88. The van der Waals surface area contributed by atoms with Crippen LogP contribution in [0.2, 0.25) is 0 Å². The van der Waals surface area contributed by atoms with Gasteiger partial charge in [0.15, 0.2) is 0 Å². The summed E-state index contributed by atoms with van der Waals surface area (Å²) in [6, 6.07) is 17.7. The molecule has 2 unspecified atom stereocenters. The number of pyridine rings is 1. The molecule has 1 N–H and O–H groups in total. The molecule has 2 atom stereocenters. The van der Waals surface area contributed by atoms with Gasteiger partial charge in [0.25, 0.3) is 5.91 Å². The first kappa shape index (κ1) is 21.5. The molecule has 2 aromatic carbocycles. The van der Waals surface area contributed by atoms with E-state index in [4.69, 9.17) is 4.74 Å². The van der Waals surface area contributed by atoms with E-state index in [2.05, 4.69) is 39.5 Å². The van der Waals surface area contributed by atoms with Crippen LogP contribution in [-0.2, 0) is 6.54 Å². The summed E-state index contributed by atoms with van der Waals surface area (Å²) in [4.78, 5) is 19.6. The van der Waals surface area contributed by atoms with Crippen molar-refractivity contribution in [2.24, 2.45) is 0 Å². The van der Waals surface area contributed by atoms with Gasteiger partial charge in [-0.2, -0.15) is 0 Å². The number of aromatic nitrogens is 1. The number of carbonyl (C=O) groups is 1. The summed E-state index contributed by atoms with van der Waals surface area (Å²) < 4.78 is 32.7. The Morgan fingerprint density at radius 1 is 1.00 bits per heavy atom. The van der Waals surface area contributed by atoms with Crippen molar-refractivity contribution in [2.75, 3.05) is 0 Å². The number of halogens is 2. The number of nitrogens with zero attached hydrogens (tertiary/aromatic N) is 2. The minimum Gasteiger partial charge on any atom is -0.438 e. The minimum absolute atomic E-state index is 0.00367. The number of amides is 1. The summed E-state index contributed by atoms with van der Waals surface area (Å²) in [5.74, 6) is -1.13. The van der Waals surface area contributed by atoms with E-state index in [0.717, 1.165) is 44.5 Å². The Labute approximate surface area is 191 Å². The second kappa shape index (κ2) is 9.27. The molecule has 2 saturated heterocycles. The van der Waals surface area contributed by atoms with Crippen LogP contribution in [-0.4, -0.2) is 33.9 Å². The van der Waals surface area contributed by atoms with Crippen LogP contribution in [0.3, 0.4) is 0 Å². The predicted molar refractivity (Wildman–Crippen MR) is 120 cm³/mol. The molecule has 33 heavy (non-hydrogen) atoms.